The summed E-state index contributed by atoms with van der Waals surface area (Å²) >= 11 is 1.62. The lowest BCUT2D eigenvalue weighted by Crippen LogP contribution is -2.43. The van der Waals surface area contributed by atoms with Gasteiger partial charge in [0.1, 0.15) is 5.60 Å². The lowest BCUT2D eigenvalue weighted by atomic mass is 9.86. The average Bonchev–Trinajstić information content (AvgIpc) is 3.30. The number of imidazole rings is 1. The highest BCUT2D eigenvalue weighted by Crippen LogP contribution is 2.44. The van der Waals surface area contributed by atoms with Crippen LogP contribution in [0.25, 0.3) is 0 Å². The van der Waals surface area contributed by atoms with E-state index in [1.165, 1.54) is 10.4 Å². The summed E-state index contributed by atoms with van der Waals surface area (Å²) in [6.45, 7) is 4.26. The molecule has 1 amide bonds. The van der Waals surface area contributed by atoms with E-state index < -0.39 is 0 Å². The molecule has 0 saturated carbocycles. The summed E-state index contributed by atoms with van der Waals surface area (Å²) in [5.74, 6) is 0.0362. The van der Waals surface area contributed by atoms with Crippen molar-refractivity contribution in [3.63, 3.8) is 0 Å². The van der Waals surface area contributed by atoms with Crippen molar-refractivity contribution in [1.29, 1.82) is 0 Å². The molecule has 1 spiro atoms. The van der Waals surface area contributed by atoms with Crippen LogP contribution >= 0.6 is 11.3 Å². The van der Waals surface area contributed by atoms with Gasteiger partial charge in [-0.15, -0.1) is 11.3 Å². The molecule has 1 fully saturated rings. The topological polar surface area (TPSA) is 68.2 Å². The first kappa shape index (κ1) is 16.8. The Hall–Kier alpha value is -1.70. The van der Waals surface area contributed by atoms with Gasteiger partial charge in [-0.25, -0.2) is 4.98 Å². The third-order valence-electron chi connectivity index (χ3n) is 5.05. The summed E-state index contributed by atoms with van der Waals surface area (Å²) in [4.78, 5) is 18.6. The number of hydrogen-bond acceptors (Lipinski definition) is 5. The van der Waals surface area contributed by atoms with E-state index in [0.29, 0.717) is 6.54 Å². The number of piperidine rings is 1. The first-order valence-electron chi connectivity index (χ1n) is 8.99. The normalized spacial score (nSPS) is 18.9. The van der Waals surface area contributed by atoms with Gasteiger partial charge in [0, 0.05) is 30.4 Å². The molecule has 0 radical (unpaired) electrons. The predicted molar refractivity (Wildman–Crippen MR) is 96.9 cm³/mol. The molecule has 25 heavy (non-hydrogen) atoms. The van der Waals surface area contributed by atoms with Crippen molar-refractivity contribution in [3.05, 3.63) is 40.1 Å². The highest BCUT2D eigenvalue weighted by Gasteiger charge is 2.41. The van der Waals surface area contributed by atoms with E-state index in [-0.39, 0.29) is 11.5 Å². The zero-order valence-corrected chi connectivity index (χ0v) is 15.1. The Balaban J connectivity index is 1.38. The molecular weight excluding hydrogens is 336 g/mol. The van der Waals surface area contributed by atoms with Gasteiger partial charge in [0.25, 0.3) is 5.91 Å². The first-order valence-corrected chi connectivity index (χ1v) is 9.80. The van der Waals surface area contributed by atoms with Gasteiger partial charge < -0.3 is 19.9 Å². The van der Waals surface area contributed by atoms with Gasteiger partial charge in [0.15, 0.2) is 0 Å². The van der Waals surface area contributed by atoms with Crippen molar-refractivity contribution in [1.82, 2.24) is 20.2 Å². The largest absolute Gasteiger partial charge is 0.369 e. The van der Waals surface area contributed by atoms with Crippen LogP contribution in [0.5, 0.6) is 0 Å². The summed E-state index contributed by atoms with van der Waals surface area (Å²) in [5.41, 5.74) is 1.14. The number of carbonyl (C=O) groups excluding carboxylic acids is 1. The third-order valence-corrected chi connectivity index (χ3v) is 6.41. The maximum absolute atomic E-state index is 12.5. The Labute approximate surface area is 151 Å². The minimum Gasteiger partial charge on any atom is -0.369 e. The number of hydrogen-bond donors (Lipinski definition) is 2. The number of nitrogens with one attached hydrogen (secondary N) is 2. The molecule has 4 heterocycles. The van der Waals surface area contributed by atoms with Crippen LogP contribution < -0.4 is 10.6 Å². The highest BCUT2D eigenvalue weighted by atomic mass is 32.1. The predicted octanol–water partition coefficient (Wildman–Crippen LogP) is 1.92. The molecule has 0 bridgehead atoms. The maximum Gasteiger partial charge on any atom is 0.261 e. The molecule has 2 aliphatic rings. The van der Waals surface area contributed by atoms with Gasteiger partial charge in [-0.1, -0.05) is 0 Å². The molecular formula is C18H24N4O2S. The second kappa shape index (κ2) is 7.27. The van der Waals surface area contributed by atoms with E-state index in [0.717, 1.165) is 56.8 Å². The Morgan fingerprint density at radius 2 is 2.32 bits per heavy atom. The van der Waals surface area contributed by atoms with Gasteiger partial charge >= 0.3 is 0 Å². The van der Waals surface area contributed by atoms with Crippen LogP contribution in [0.2, 0.25) is 0 Å². The van der Waals surface area contributed by atoms with Crippen molar-refractivity contribution >= 4 is 17.2 Å². The number of aromatic nitrogens is 2. The van der Waals surface area contributed by atoms with Gasteiger partial charge in [-0.05, 0) is 50.4 Å². The molecule has 134 valence electrons. The molecule has 6 nitrogen and oxygen atoms in total. The molecule has 4 rings (SSSR count). The molecule has 0 aliphatic carbocycles. The molecule has 0 aromatic carbocycles. The van der Waals surface area contributed by atoms with E-state index in [2.05, 4.69) is 21.7 Å². The van der Waals surface area contributed by atoms with Crippen LogP contribution in [0.3, 0.4) is 0 Å². The van der Waals surface area contributed by atoms with Crippen LogP contribution in [-0.2, 0) is 23.3 Å². The fourth-order valence-electron chi connectivity index (χ4n) is 3.71. The van der Waals surface area contributed by atoms with Crippen molar-refractivity contribution in [2.24, 2.45) is 0 Å². The average molecular weight is 360 g/mol. The van der Waals surface area contributed by atoms with E-state index >= 15 is 0 Å². The monoisotopic (exact) mass is 360 g/mol. The summed E-state index contributed by atoms with van der Waals surface area (Å²) in [7, 11) is 0. The zero-order chi connectivity index (χ0) is 17.1. The molecule has 0 unspecified atom stereocenters. The van der Waals surface area contributed by atoms with Gasteiger partial charge in [0.2, 0.25) is 0 Å². The maximum atomic E-state index is 12.5. The van der Waals surface area contributed by atoms with Crippen molar-refractivity contribution in [3.8, 4) is 0 Å². The van der Waals surface area contributed by atoms with E-state index in [1.807, 2.05) is 10.8 Å². The molecule has 2 N–H and O–H groups in total. The van der Waals surface area contributed by atoms with Gasteiger partial charge in [0.05, 0.1) is 17.8 Å². The SMILES string of the molecule is O=C(NCCCn1ccnc1)c1cc2c(s1)C1(CCNCC1)OCC2. The number of thiophene rings is 1. The fraction of sp³-hybridized carbons (Fsp3) is 0.556. The number of nitrogens with zero attached hydrogens (tertiary/aromatic N) is 2. The van der Waals surface area contributed by atoms with Gasteiger partial charge in [-0.3, -0.25) is 4.79 Å². The third kappa shape index (κ3) is 3.49. The van der Waals surface area contributed by atoms with Gasteiger partial charge in [-0.2, -0.15) is 0 Å². The Bertz CT molecular complexity index is 720. The number of fused-ring (bicyclic) bond motifs is 2. The van der Waals surface area contributed by atoms with Crippen molar-refractivity contribution < 1.29 is 9.53 Å². The Kier molecular flexibility index (Phi) is 4.87. The van der Waals surface area contributed by atoms with Crippen LogP contribution in [0, 0.1) is 0 Å². The van der Waals surface area contributed by atoms with E-state index in [9.17, 15) is 4.79 Å². The standard InChI is InChI=1S/C18H24N4O2S/c23-17(21-5-1-9-22-10-8-20-13-22)15-12-14-2-11-24-18(16(14)25-15)3-6-19-7-4-18/h8,10,12-13,19H,1-7,9,11H2,(H,21,23). The second-order valence-corrected chi connectivity index (χ2v) is 7.77. The first-order chi connectivity index (χ1) is 12.3. The highest BCUT2D eigenvalue weighted by molar-refractivity contribution is 7.14. The van der Waals surface area contributed by atoms with Crippen LogP contribution in [0.1, 0.15) is 39.4 Å². The van der Waals surface area contributed by atoms with Crippen LogP contribution in [0.15, 0.2) is 24.8 Å². The minimum atomic E-state index is -0.163. The number of rotatable bonds is 5. The summed E-state index contributed by atoms with van der Waals surface area (Å²) < 4.78 is 8.22. The Morgan fingerprint density at radius 3 is 3.12 bits per heavy atom. The molecule has 2 aromatic rings. The number of aryl methyl sites for hydroxylation is 1. The molecule has 2 aromatic heterocycles. The summed E-state index contributed by atoms with van der Waals surface area (Å²) in [5, 5.41) is 6.45. The van der Waals surface area contributed by atoms with Crippen molar-refractivity contribution in [2.45, 2.75) is 37.8 Å². The zero-order valence-electron chi connectivity index (χ0n) is 14.3. The number of ether oxygens (including phenoxy) is 1. The number of carbonyl (C=O) groups is 1. The molecule has 2 aliphatic heterocycles. The molecule has 7 heteroatoms. The lowest BCUT2D eigenvalue weighted by molar-refractivity contribution is -0.0771. The van der Waals surface area contributed by atoms with E-state index in [1.54, 1.807) is 23.9 Å². The fourth-order valence-corrected chi connectivity index (χ4v) is 5.03. The smallest absolute Gasteiger partial charge is 0.261 e. The van der Waals surface area contributed by atoms with Crippen LogP contribution in [-0.4, -0.2) is 41.7 Å². The molecule has 0 atom stereocenters. The molecule has 1 saturated heterocycles. The Morgan fingerprint density at radius 1 is 1.44 bits per heavy atom. The lowest BCUT2D eigenvalue weighted by Gasteiger charge is -2.40. The summed E-state index contributed by atoms with van der Waals surface area (Å²) in [6.07, 6.45) is 9.30. The van der Waals surface area contributed by atoms with Crippen molar-refractivity contribution in [2.75, 3.05) is 26.2 Å². The second-order valence-electron chi connectivity index (χ2n) is 6.72. The summed E-state index contributed by atoms with van der Waals surface area (Å²) in [6, 6.07) is 2.08. The van der Waals surface area contributed by atoms with Crippen LogP contribution in [0.4, 0.5) is 0 Å². The van der Waals surface area contributed by atoms with E-state index in [4.69, 9.17) is 4.74 Å². The number of amides is 1. The quantitative estimate of drug-likeness (QED) is 0.800. The minimum absolute atomic E-state index is 0.0362.